The van der Waals surface area contributed by atoms with Crippen molar-refractivity contribution in [3.8, 4) is 0 Å². The molecule has 8 nitrogen and oxygen atoms in total. The molecule has 26 heavy (non-hydrogen) atoms. The Morgan fingerprint density at radius 1 is 1.38 bits per heavy atom. The first kappa shape index (κ1) is 19.3. The third-order valence-corrected chi connectivity index (χ3v) is 4.47. The zero-order valence-electron chi connectivity index (χ0n) is 15.3. The molecule has 0 bridgehead atoms. The minimum absolute atomic E-state index is 0.0110. The number of hydrogen-bond acceptors (Lipinski definition) is 5. The molecule has 1 amide bonds. The monoisotopic (exact) mass is 358 g/mol. The van der Waals surface area contributed by atoms with Crippen molar-refractivity contribution in [1.82, 2.24) is 14.9 Å². The fraction of sp³-hybridized carbons (Fsp3) is 0.389. The van der Waals surface area contributed by atoms with E-state index in [9.17, 15) is 19.7 Å². The van der Waals surface area contributed by atoms with E-state index in [1.165, 1.54) is 17.0 Å². The van der Waals surface area contributed by atoms with Crippen molar-refractivity contribution in [3.05, 3.63) is 67.4 Å². The van der Waals surface area contributed by atoms with Crippen molar-refractivity contribution < 1.29 is 9.72 Å². The summed E-state index contributed by atoms with van der Waals surface area (Å²) >= 11 is 0. The van der Waals surface area contributed by atoms with Crippen LogP contribution in [0.5, 0.6) is 0 Å². The van der Waals surface area contributed by atoms with Crippen LogP contribution in [0.3, 0.4) is 0 Å². The van der Waals surface area contributed by atoms with Gasteiger partial charge in [-0.25, -0.2) is 4.98 Å². The number of H-pyrrole nitrogens is 1. The second-order valence-corrected chi connectivity index (χ2v) is 6.25. The normalized spacial score (nSPS) is 11.8. The predicted octanol–water partition coefficient (Wildman–Crippen LogP) is 2.45. The maximum atomic E-state index is 12.5. The van der Waals surface area contributed by atoms with Gasteiger partial charge in [0.05, 0.1) is 11.0 Å². The van der Waals surface area contributed by atoms with Gasteiger partial charge in [0, 0.05) is 36.9 Å². The Labute approximate surface area is 151 Å². The largest absolute Gasteiger partial charge is 0.339 e. The number of aromatic nitrogens is 2. The van der Waals surface area contributed by atoms with Crippen LogP contribution >= 0.6 is 0 Å². The van der Waals surface area contributed by atoms with Gasteiger partial charge in [-0.15, -0.1) is 0 Å². The second-order valence-electron chi connectivity index (χ2n) is 6.25. The first-order valence-electron chi connectivity index (χ1n) is 8.27. The van der Waals surface area contributed by atoms with Gasteiger partial charge in [-0.05, 0) is 32.8 Å². The Hall–Kier alpha value is -3.03. The lowest BCUT2D eigenvalue weighted by molar-refractivity contribution is -0.384. The SMILES string of the molecule is Cc1nc(C)c(CCC(=O)N(C)[C@H](C)c2cccc([N+](=O)[O-])c2)c(=O)[nH]1. The Morgan fingerprint density at radius 3 is 2.69 bits per heavy atom. The van der Waals surface area contributed by atoms with Gasteiger partial charge in [-0.1, -0.05) is 12.1 Å². The number of nitro benzene ring substituents is 1. The van der Waals surface area contributed by atoms with Gasteiger partial charge >= 0.3 is 0 Å². The molecule has 0 radical (unpaired) electrons. The lowest BCUT2D eigenvalue weighted by Gasteiger charge is -2.25. The molecule has 0 unspecified atom stereocenters. The molecule has 1 atom stereocenters. The molecule has 0 fully saturated rings. The van der Waals surface area contributed by atoms with Gasteiger partial charge in [0.15, 0.2) is 0 Å². The average Bonchev–Trinajstić information content (AvgIpc) is 2.59. The van der Waals surface area contributed by atoms with E-state index in [4.69, 9.17) is 0 Å². The summed E-state index contributed by atoms with van der Waals surface area (Å²) in [7, 11) is 1.65. The van der Waals surface area contributed by atoms with E-state index in [-0.39, 0.29) is 29.6 Å². The fourth-order valence-electron chi connectivity index (χ4n) is 2.79. The van der Waals surface area contributed by atoms with Gasteiger partial charge in [0.1, 0.15) is 5.82 Å². The van der Waals surface area contributed by atoms with E-state index in [0.717, 1.165) is 0 Å². The Kier molecular flexibility index (Phi) is 5.86. The summed E-state index contributed by atoms with van der Waals surface area (Å²) in [4.78, 5) is 43.4. The Balaban J connectivity index is 2.09. The van der Waals surface area contributed by atoms with E-state index >= 15 is 0 Å². The number of aromatic amines is 1. The van der Waals surface area contributed by atoms with Crippen LogP contribution in [0.1, 0.15) is 42.0 Å². The van der Waals surface area contributed by atoms with Crippen LogP contribution < -0.4 is 5.56 Å². The molecule has 1 aromatic carbocycles. The number of nitro groups is 1. The third-order valence-electron chi connectivity index (χ3n) is 4.47. The lowest BCUT2D eigenvalue weighted by Crippen LogP contribution is -2.30. The molecule has 0 saturated heterocycles. The quantitative estimate of drug-likeness (QED) is 0.630. The van der Waals surface area contributed by atoms with E-state index in [1.807, 2.05) is 6.92 Å². The Morgan fingerprint density at radius 2 is 2.08 bits per heavy atom. The first-order chi connectivity index (χ1) is 12.2. The summed E-state index contributed by atoms with van der Waals surface area (Å²) in [5.74, 6) is 0.391. The highest BCUT2D eigenvalue weighted by Crippen LogP contribution is 2.23. The van der Waals surface area contributed by atoms with E-state index < -0.39 is 4.92 Å². The lowest BCUT2D eigenvalue weighted by atomic mass is 10.0. The summed E-state index contributed by atoms with van der Waals surface area (Å²) in [5.41, 5.74) is 1.56. The van der Waals surface area contributed by atoms with Gasteiger partial charge in [-0.2, -0.15) is 0 Å². The Bertz CT molecular complexity index is 891. The number of nitrogens with one attached hydrogen (secondary N) is 1. The summed E-state index contributed by atoms with van der Waals surface area (Å²) in [6.07, 6.45) is 0.448. The van der Waals surface area contributed by atoms with Crippen LogP contribution in [-0.2, 0) is 11.2 Å². The molecule has 2 aromatic rings. The second kappa shape index (κ2) is 7.90. The van der Waals surface area contributed by atoms with Crippen LogP contribution in [-0.4, -0.2) is 32.7 Å². The zero-order chi connectivity index (χ0) is 19.4. The number of non-ortho nitro benzene ring substituents is 1. The van der Waals surface area contributed by atoms with Gasteiger partial charge in [0.2, 0.25) is 5.91 Å². The predicted molar refractivity (Wildman–Crippen MR) is 96.9 cm³/mol. The van der Waals surface area contributed by atoms with Gasteiger partial charge in [-0.3, -0.25) is 19.7 Å². The van der Waals surface area contributed by atoms with Gasteiger partial charge < -0.3 is 9.88 Å². The minimum Gasteiger partial charge on any atom is -0.339 e. The molecule has 0 spiro atoms. The molecule has 1 N–H and O–H groups in total. The van der Waals surface area contributed by atoms with Crippen LogP contribution in [0.25, 0.3) is 0 Å². The van der Waals surface area contributed by atoms with E-state index in [2.05, 4.69) is 9.97 Å². The smallest absolute Gasteiger partial charge is 0.269 e. The van der Waals surface area contributed by atoms with Crippen LogP contribution in [0.2, 0.25) is 0 Å². The van der Waals surface area contributed by atoms with Crippen molar-refractivity contribution in [1.29, 1.82) is 0 Å². The zero-order valence-corrected chi connectivity index (χ0v) is 15.3. The van der Waals surface area contributed by atoms with Crippen molar-refractivity contribution in [2.75, 3.05) is 7.05 Å². The van der Waals surface area contributed by atoms with E-state index in [1.54, 1.807) is 33.0 Å². The number of hydrogen-bond donors (Lipinski definition) is 1. The van der Waals surface area contributed by atoms with Crippen LogP contribution in [0.15, 0.2) is 29.1 Å². The molecule has 1 heterocycles. The number of carbonyl (C=O) groups is 1. The molecule has 1 aromatic heterocycles. The maximum absolute atomic E-state index is 12.5. The van der Waals surface area contributed by atoms with Crippen molar-refractivity contribution >= 4 is 11.6 Å². The summed E-state index contributed by atoms with van der Waals surface area (Å²) in [5, 5.41) is 10.9. The molecule has 0 saturated carbocycles. The number of rotatable bonds is 6. The third kappa shape index (κ3) is 4.33. The fourth-order valence-corrected chi connectivity index (χ4v) is 2.79. The highest BCUT2D eigenvalue weighted by Gasteiger charge is 2.20. The van der Waals surface area contributed by atoms with Crippen molar-refractivity contribution in [2.24, 2.45) is 0 Å². The maximum Gasteiger partial charge on any atom is 0.269 e. The van der Waals surface area contributed by atoms with E-state index in [0.29, 0.717) is 29.1 Å². The molecule has 0 aliphatic heterocycles. The molecule has 138 valence electrons. The number of benzene rings is 1. The molecule has 2 rings (SSSR count). The van der Waals surface area contributed by atoms with Gasteiger partial charge in [0.25, 0.3) is 11.2 Å². The average molecular weight is 358 g/mol. The summed E-state index contributed by atoms with van der Waals surface area (Å²) in [6, 6.07) is 5.91. The van der Waals surface area contributed by atoms with Crippen molar-refractivity contribution in [2.45, 2.75) is 39.7 Å². The molecule has 8 heteroatoms. The number of nitrogens with zero attached hydrogens (tertiary/aromatic N) is 3. The first-order valence-corrected chi connectivity index (χ1v) is 8.27. The summed E-state index contributed by atoms with van der Waals surface area (Å²) in [6.45, 7) is 5.26. The minimum atomic E-state index is -0.461. The highest BCUT2D eigenvalue weighted by molar-refractivity contribution is 5.76. The number of aryl methyl sites for hydroxylation is 2. The number of carbonyl (C=O) groups excluding carboxylic acids is 1. The van der Waals surface area contributed by atoms with Crippen LogP contribution in [0, 0.1) is 24.0 Å². The molecule has 0 aliphatic carbocycles. The van der Waals surface area contributed by atoms with Crippen LogP contribution in [0.4, 0.5) is 5.69 Å². The van der Waals surface area contributed by atoms with Crippen molar-refractivity contribution in [3.63, 3.8) is 0 Å². The topological polar surface area (TPSA) is 109 Å². The standard InChI is InChI=1S/C18H22N4O4/c1-11-16(18(24)20-13(3)19-11)8-9-17(23)21(4)12(2)14-6-5-7-15(10-14)22(25)26/h5-7,10,12H,8-9H2,1-4H3,(H,19,20,24)/t12-/m1/s1. The molecule has 0 aliphatic rings. The molecular weight excluding hydrogens is 336 g/mol. The summed E-state index contributed by atoms with van der Waals surface area (Å²) < 4.78 is 0. The molecular formula is C18H22N4O4. The number of amides is 1. The highest BCUT2D eigenvalue weighted by atomic mass is 16.6.